The number of carbonyl (C=O) groups excluding carboxylic acids is 1. The number of benzene rings is 1. The third-order valence-corrected chi connectivity index (χ3v) is 3.18. The van der Waals surface area contributed by atoms with Crippen LogP contribution in [0.4, 0.5) is 4.39 Å². The van der Waals surface area contributed by atoms with Crippen molar-refractivity contribution in [3.05, 3.63) is 33.1 Å². The summed E-state index contributed by atoms with van der Waals surface area (Å²) in [6.07, 6.45) is 0. The molecule has 0 saturated carbocycles. The highest BCUT2D eigenvalue weighted by molar-refractivity contribution is 14.1. The van der Waals surface area contributed by atoms with Crippen LogP contribution in [0.2, 0.25) is 0 Å². The van der Waals surface area contributed by atoms with Crippen LogP contribution in [0.3, 0.4) is 0 Å². The minimum atomic E-state index is -0.404. The average Bonchev–Trinajstić information content (AvgIpc) is 2.36. The van der Waals surface area contributed by atoms with E-state index in [1.54, 1.807) is 13.2 Å². The van der Waals surface area contributed by atoms with E-state index >= 15 is 0 Å². The van der Waals surface area contributed by atoms with E-state index in [-0.39, 0.29) is 18.3 Å². The molecule has 0 aliphatic heterocycles. The van der Waals surface area contributed by atoms with Crippen LogP contribution in [0.5, 0.6) is 0 Å². The van der Waals surface area contributed by atoms with Crippen molar-refractivity contribution in [2.45, 2.75) is 0 Å². The van der Waals surface area contributed by atoms with Crippen LogP contribution in [0.1, 0.15) is 10.4 Å². The molecule has 2 N–H and O–H groups in total. The normalized spacial score (nSPS) is 9.84. The van der Waals surface area contributed by atoms with Crippen molar-refractivity contribution in [3.63, 3.8) is 0 Å². The van der Waals surface area contributed by atoms with E-state index in [0.717, 1.165) is 10.1 Å². The lowest BCUT2D eigenvalue weighted by atomic mass is 10.2. The summed E-state index contributed by atoms with van der Waals surface area (Å²) in [4.78, 5) is 11.8. The molecule has 0 heterocycles. The zero-order valence-electron chi connectivity index (χ0n) is 10.5. The summed E-state index contributed by atoms with van der Waals surface area (Å²) in [5, 5.41) is 5.83. The minimum absolute atomic E-state index is 0. The number of rotatable bonds is 7. The smallest absolute Gasteiger partial charge is 0.252 e. The highest BCUT2D eigenvalue weighted by atomic mass is 127. The Morgan fingerprint density at radius 1 is 1.37 bits per heavy atom. The Bertz CT molecular complexity index is 407. The topological polar surface area (TPSA) is 50.4 Å². The molecule has 7 heteroatoms. The molecule has 0 bridgehead atoms. The SMILES string of the molecule is COCCNCCNC(=O)c1cc(F)ccc1I.Cl. The van der Waals surface area contributed by atoms with Gasteiger partial charge in [0.1, 0.15) is 5.82 Å². The molecule has 19 heavy (non-hydrogen) atoms. The molecule has 0 spiro atoms. The van der Waals surface area contributed by atoms with Gasteiger partial charge in [-0.15, -0.1) is 12.4 Å². The number of ether oxygens (including phenoxy) is 1. The predicted molar refractivity (Wildman–Crippen MR) is 83.4 cm³/mol. The molecule has 1 rings (SSSR count). The van der Waals surface area contributed by atoms with Crippen molar-refractivity contribution in [2.75, 3.05) is 33.4 Å². The standard InChI is InChI=1S/C12H16FIN2O2.ClH/c1-18-7-6-15-4-5-16-12(17)10-8-9(13)2-3-11(10)14;/h2-3,8,15H,4-7H2,1H3,(H,16,17);1H. The average molecular weight is 403 g/mol. The summed E-state index contributed by atoms with van der Waals surface area (Å²) in [7, 11) is 1.63. The van der Waals surface area contributed by atoms with E-state index in [2.05, 4.69) is 10.6 Å². The van der Waals surface area contributed by atoms with Gasteiger partial charge in [0.05, 0.1) is 12.2 Å². The summed E-state index contributed by atoms with van der Waals surface area (Å²) in [5.41, 5.74) is 0.368. The molecule has 0 unspecified atom stereocenters. The molecule has 0 aliphatic carbocycles. The minimum Gasteiger partial charge on any atom is -0.383 e. The second-order valence-electron chi connectivity index (χ2n) is 3.62. The summed E-state index contributed by atoms with van der Waals surface area (Å²) in [5.74, 6) is -0.661. The van der Waals surface area contributed by atoms with E-state index < -0.39 is 5.82 Å². The monoisotopic (exact) mass is 402 g/mol. The second kappa shape index (κ2) is 10.4. The second-order valence-corrected chi connectivity index (χ2v) is 4.79. The Morgan fingerprint density at radius 3 is 2.79 bits per heavy atom. The fourth-order valence-corrected chi connectivity index (χ4v) is 1.91. The Morgan fingerprint density at radius 2 is 2.11 bits per heavy atom. The fourth-order valence-electron chi connectivity index (χ4n) is 1.33. The Balaban J connectivity index is 0.00000324. The van der Waals surface area contributed by atoms with Crippen molar-refractivity contribution < 1.29 is 13.9 Å². The van der Waals surface area contributed by atoms with Crippen molar-refractivity contribution >= 4 is 40.9 Å². The number of carbonyl (C=O) groups is 1. The maximum absolute atomic E-state index is 13.0. The molecule has 1 aromatic rings. The first kappa shape index (κ1) is 18.6. The first-order chi connectivity index (χ1) is 8.65. The van der Waals surface area contributed by atoms with Crippen LogP contribution >= 0.6 is 35.0 Å². The van der Waals surface area contributed by atoms with E-state index in [1.807, 2.05) is 22.6 Å². The largest absolute Gasteiger partial charge is 0.383 e. The summed E-state index contributed by atoms with van der Waals surface area (Å²) < 4.78 is 18.6. The van der Waals surface area contributed by atoms with Gasteiger partial charge >= 0.3 is 0 Å². The van der Waals surface area contributed by atoms with Crippen LogP contribution in [-0.2, 0) is 4.74 Å². The highest BCUT2D eigenvalue weighted by Gasteiger charge is 2.10. The predicted octanol–water partition coefficient (Wildman–Crippen LogP) is 1.82. The van der Waals surface area contributed by atoms with Gasteiger partial charge in [-0.25, -0.2) is 4.39 Å². The van der Waals surface area contributed by atoms with Crippen LogP contribution in [0.25, 0.3) is 0 Å². The zero-order chi connectivity index (χ0) is 13.4. The number of hydrogen-bond acceptors (Lipinski definition) is 3. The van der Waals surface area contributed by atoms with Gasteiger partial charge in [0.15, 0.2) is 0 Å². The van der Waals surface area contributed by atoms with Crippen molar-refractivity contribution in [1.29, 1.82) is 0 Å². The molecule has 4 nitrogen and oxygen atoms in total. The molecule has 0 saturated heterocycles. The molecule has 1 amide bonds. The summed E-state index contributed by atoms with van der Waals surface area (Å²) >= 11 is 2.01. The molecule has 0 radical (unpaired) electrons. The van der Waals surface area contributed by atoms with E-state index in [0.29, 0.717) is 25.3 Å². The van der Waals surface area contributed by atoms with Crippen LogP contribution in [-0.4, -0.2) is 39.3 Å². The number of nitrogens with one attached hydrogen (secondary N) is 2. The first-order valence-electron chi connectivity index (χ1n) is 5.58. The third kappa shape index (κ3) is 7.05. The first-order valence-corrected chi connectivity index (χ1v) is 6.66. The van der Waals surface area contributed by atoms with Crippen molar-refractivity contribution in [2.24, 2.45) is 0 Å². The zero-order valence-corrected chi connectivity index (χ0v) is 13.5. The van der Waals surface area contributed by atoms with Gasteiger partial charge in [-0.3, -0.25) is 4.79 Å². The highest BCUT2D eigenvalue weighted by Crippen LogP contribution is 2.13. The van der Waals surface area contributed by atoms with Gasteiger partial charge in [0.2, 0.25) is 0 Å². The lowest BCUT2D eigenvalue weighted by Crippen LogP contribution is -2.33. The lowest BCUT2D eigenvalue weighted by Gasteiger charge is -2.08. The Kier molecular flexibility index (Phi) is 10.1. The molecular weight excluding hydrogens is 385 g/mol. The van der Waals surface area contributed by atoms with Gasteiger partial charge in [0, 0.05) is 30.3 Å². The van der Waals surface area contributed by atoms with Gasteiger partial charge < -0.3 is 15.4 Å². The maximum Gasteiger partial charge on any atom is 0.252 e. The molecule has 0 atom stereocenters. The number of hydrogen-bond donors (Lipinski definition) is 2. The molecule has 0 aliphatic rings. The van der Waals surface area contributed by atoms with Crippen LogP contribution in [0, 0.1) is 9.39 Å². The summed E-state index contributed by atoms with van der Waals surface area (Å²) in [6, 6.07) is 4.17. The molecule has 108 valence electrons. The van der Waals surface area contributed by atoms with Gasteiger partial charge in [0.25, 0.3) is 5.91 Å². The molecular formula is C12H17ClFIN2O2. The van der Waals surface area contributed by atoms with Crippen LogP contribution < -0.4 is 10.6 Å². The third-order valence-electron chi connectivity index (χ3n) is 2.24. The van der Waals surface area contributed by atoms with Crippen LogP contribution in [0.15, 0.2) is 18.2 Å². The molecule has 0 fully saturated rings. The Labute approximate surface area is 132 Å². The quantitative estimate of drug-likeness (QED) is 0.540. The number of methoxy groups -OCH3 is 1. The Hall–Kier alpha value is -0.440. The summed E-state index contributed by atoms with van der Waals surface area (Å²) in [6.45, 7) is 2.52. The molecule has 1 aromatic carbocycles. The maximum atomic E-state index is 13.0. The molecule has 0 aromatic heterocycles. The van der Waals surface area contributed by atoms with E-state index in [4.69, 9.17) is 4.74 Å². The fraction of sp³-hybridized carbons (Fsp3) is 0.417. The number of halogens is 3. The van der Waals surface area contributed by atoms with Crippen molar-refractivity contribution in [3.8, 4) is 0 Å². The van der Waals surface area contributed by atoms with Gasteiger partial charge in [-0.05, 0) is 40.8 Å². The van der Waals surface area contributed by atoms with E-state index in [9.17, 15) is 9.18 Å². The number of amides is 1. The lowest BCUT2D eigenvalue weighted by molar-refractivity contribution is 0.0952. The van der Waals surface area contributed by atoms with E-state index in [1.165, 1.54) is 12.1 Å². The van der Waals surface area contributed by atoms with Gasteiger partial charge in [-0.2, -0.15) is 0 Å². The van der Waals surface area contributed by atoms with Gasteiger partial charge in [-0.1, -0.05) is 0 Å². The van der Waals surface area contributed by atoms with Crippen molar-refractivity contribution in [1.82, 2.24) is 10.6 Å².